The Hall–Kier alpha value is -1.76. The number of hydrogen-bond acceptors (Lipinski definition) is 4. The van der Waals surface area contributed by atoms with Crippen LogP contribution >= 0.6 is 11.6 Å². The summed E-state index contributed by atoms with van der Waals surface area (Å²) in [6.07, 6.45) is 0.715. The lowest BCUT2D eigenvalue weighted by Crippen LogP contribution is -2.36. The number of ether oxygens (including phenoxy) is 1. The molecule has 1 fully saturated rings. The molecule has 138 valence electrons. The fraction of sp³-hybridized carbons (Fsp3) is 0.368. The minimum absolute atomic E-state index is 0.234. The van der Waals surface area contributed by atoms with Crippen LogP contribution in [0.5, 0.6) is 0 Å². The van der Waals surface area contributed by atoms with Gasteiger partial charge in [0.1, 0.15) is 0 Å². The first-order valence-electron chi connectivity index (χ1n) is 8.71. The standard InChI is InChI=1S/C19H21ClN2O3S/c1-14-2-4-17(13-18(14)20)26(23,24)22-7-6-15-12-16(3-5-19(15)22)21-8-10-25-11-9-21/h2-5,12-13H,6-11H2,1H3. The number of morpholine rings is 1. The lowest BCUT2D eigenvalue weighted by molar-refractivity contribution is 0.122. The van der Waals surface area contributed by atoms with Gasteiger partial charge in [0.15, 0.2) is 0 Å². The minimum Gasteiger partial charge on any atom is -0.378 e. The molecule has 0 radical (unpaired) electrons. The molecule has 0 aromatic heterocycles. The highest BCUT2D eigenvalue weighted by Crippen LogP contribution is 2.36. The van der Waals surface area contributed by atoms with E-state index in [2.05, 4.69) is 11.0 Å². The van der Waals surface area contributed by atoms with Gasteiger partial charge in [-0.15, -0.1) is 0 Å². The van der Waals surface area contributed by atoms with E-state index in [1.54, 1.807) is 12.1 Å². The number of rotatable bonds is 3. The Kier molecular flexibility index (Phi) is 4.59. The van der Waals surface area contributed by atoms with Crippen LogP contribution in [0.15, 0.2) is 41.3 Å². The van der Waals surface area contributed by atoms with E-state index in [4.69, 9.17) is 16.3 Å². The number of benzene rings is 2. The summed E-state index contributed by atoms with van der Waals surface area (Å²) >= 11 is 6.13. The first-order chi connectivity index (χ1) is 12.5. The van der Waals surface area contributed by atoms with Gasteiger partial charge < -0.3 is 9.64 Å². The average molecular weight is 393 g/mol. The number of aryl methyl sites for hydroxylation is 1. The molecule has 0 aliphatic carbocycles. The van der Waals surface area contributed by atoms with Crippen LogP contribution in [0.1, 0.15) is 11.1 Å². The molecule has 2 heterocycles. The van der Waals surface area contributed by atoms with Crippen LogP contribution in [0.4, 0.5) is 11.4 Å². The molecular weight excluding hydrogens is 372 g/mol. The van der Waals surface area contributed by atoms with E-state index >= 15 is 0 Å². The third kappa shape index (κ3) is 3.06. The van der Waals surface area contributed by atoms with Gasteiger partial charge in [-0.25, -0.2) is 8.42 Å². The van der Waals surface area contributed by atoms with Crippen LogP contribution in [0.25, 0.3) is 0 Å². The molecule has 2 aliphatic rings. The molecule has 2 aromatic carbocycles. The summed E-state index contributed by atoms with van der Waals surface area (Å²) in [5, 5.41) is 0.466. The highest BCUT2D eigenvalue weighted by atomic mass is 35.5. The van der Waals surface area contributed by atoms with Crippen molar-refractivity contribution in [3.8, 4) is 0 Å². The topological polar surface area (TPSA) is 49.9 Å². The molecule has 0 N–H and O–H groups in total. The van der Waals surface area contributed by atoms with Crippen molar-refractivity contribution < 1.29 is 13.2 Å². The van der Waals surface area contributed by atoms with E-state index in [0.717, 1.165) is 48.8 Å². The van der Waals surface area contributed by atoms with E-state index in [-0.39, 0.29) is 4.90 Å². The summed E-state index contributed by atoms with van der Waals surface area (Å²) in [4.78, 5) is 2.51. The van der Waals surface area contributed by atoms with Crippen molar-refractivity contribution in [1.82, 2.24) is 0 Å². The Morgan fingerprint density at radius 3 is 2.54 bits per heavy atom. The molecule has 0 unspecified atom stereocenters. The van der Waals surface area contributed by atoms with E-state index in [1.807, 2.05) is 19.1 Å². The maximum Gasteiger partial charge on any atom is 0.264 e. The lowest BCUT2D eigenvalue weighted by atomic mass is 10.1. The van der Waals surface area contributed by atoms with Gasteiger partial charge >= 0.3 is 0 Å². The summed E-state index contributed by atoms with van der Waals surface area (Å²) in [5.41, 5.74) is 3.82. The first kappa shape index (κ1) is 17.6. The highest BCUT2D eigenvalue weighted by Gasteiger charge is 2.31. The number of hydrogen-bond donors (Lipinski definition) is 0. The zero-order chi connectivity index (χ0) is 18.3. The van der Waals surface area contributed by atoms with Gasteiger partial charge in [0.05, 0.1) is 23.8 Å². The molecule has 7 heteroatoms. The lowest BCUT2D eigenvalue weighted by Gasteiger charge is -2.29. The van der Waals surface area contributed by atoms with Crippen molar-refractivity contribution in [3.05, 3.63) is 52.5 Å². The second-order valence-electron chi connectivity index (χ2n) is 6.65. The van der Waals surface area contributed by atoms with Crippen LogP contribution in [-0.4, -0.2) is 41.3 Å². The molecule has 2 aromatic rings. The number of sulfonamides is 1. The third-order valence-corrected chi connectivity index (χ3v) is 7.24. The maximum atomic E-state index is 13.1. The van der Waals surface area contributed by atoms with E-state index in [9.17, 15) is 8.42 Å². The van der Waals surface area contributed by atoms with E-state index in [0.29, 0.717) is 18.0 Å². The van der Waals surface area contributed by atoms with E-state index in [1.165, 1.54) is 10.4 Å². The summed E-state index contributed by atoms with van der Waals surface area (Å²) in [7, 11) is -3.61. The molecule has 0 atom stereocenters. The van der Waals surface area contributed by atoms with Gasteiger partial charge in [0.25, 0.3) is 10.0 Å². The fourth-order valence-electron chi connectivity index (χ4n) is 3.49. The van der Waals surface area contributed by atoms with Crippen LogP contribution in [0.3, 0.4) is 0 Å². The fourth-order valence-corrected chi connectivity index (χ4v) is 5.26. The van der Waals surface area contributed by atoms with E-state index < -0.39 is 10.0 Å². The van der Waals surface area contributed by atoms with Gasteiger partial charge in [-0.3, -0.25) is 4.31 Å². The number of anilines is 2. The van der Waals surface area contributed by atoms with Gasteiger partial charge in [-0.1, -0.05) is 17.7 Å². The smallest absolute Gasteiger partial charge is 0.264 e. The molecule has 1 saturated heterocycles. The van der Waals surface area contributed by atoms with Crippen molar-refractivity contribution in [3.63, 3.8) is 0 Å². The Balaban J connectivity index is 1.65. The SMILES string of the molecule is Cc1ccc(S(=O)(=O)N2CCc3cc(N4CCOCC4)ccc32)cc1Cl. The molecule has 0 saturated carbocycles. The Morgan fingerprint density at radius 2 is 1.81 bits per heavy atom. The average Bonchev–Trinajstić information content (AvgIpc) is 3.08. The summed E-state index contributed by atoms with van der Waals surface area (Å²) < 4.78 is 33.1. The molecular formula is C19H21ClN2O3S. The molecule has 0 bridgehead atoms. The number of nitrogens with zero attached hydrogens (tertiary/aromatic N) is 2. The van der Waals surface area contributed by atoms with Crippen molar-refractivity contribution in [2.24, 2.45) is 0 Å². The largest absolute Gasteiger partial charge is 0.378 e. The molecule has 0 spiro atoms. The number of fused-ring (bicyclic) bond motifs is 1. The summed E-state index contributed by atoms with van der Waals surface area (Å²) in [6, 6.07) is 10.9. The van der Waals surface area contributed by atoms with Gasteiger partial charge in [0.2, 0.25) is 0 Å². The van der Waals surface area contributed by atoms with Crippen LogP contribution < -0.4 is 9.21 Å². The second kappa shape index (κ2) is 6.76. The van der Waals surface area contributed by atoms with Crippen molar-refractivity contribution in [2.75, 3.05) is 42.1 Å². The Morgan fingerprint density at radius 1 is 1.04 bits per heavy atom. The number of halogens is 1. The first-order valence-corrected chi connectivity index (χ1v) is 10.5. The monoisotopic (exact) mass is 392 g/mol. The highest BCUT2D eigenvalue weighted by molar-refractivity contribution is 7.92. The molecule has 26 heavy (non-hydrogen) atoms. The third-order valence-electron chi connectivity index (χ3n) is 5.02. The van der Waals surface area contributed by atoms with Gasteiger partial charge in [-0.05, 0) is 54.8 Å². The Labute approximate surface area is 159 Å². The van der Waals surface area contributed by atoms with Gasteiger partial charge in [-0.2, -0.15) is 0 Å². The van der Waals surface area contributed by atoms with Crippen molar-refractivity contribution in [1.29, 1.82) is 0 Å². The molecule has 4 rings (SSSR count). The summed E-state index contributed by atoms with van der Waals surface area (Å²) in [6.45, 7) is 5.50. The van der Waals surface area contributed by atoms with Crippen LogP contribution in [-0.2, 0) is 21.2 Å². The minimum atomic E-state index is -3.61. The normalized spacial score (nSPS) is 17.5. The zero-order valence-electron chi connectivity index (χ0n) is 14.6. The second-order valence-corrected chi connectivity index (χ2v) is 8.92. The molecule has 0 amide bonds. The van der Waals surface area contributed by atoms with Crippen LogP contribution in [0.2, 0.25) is 5.02 Å². The van der Waals surface area contributed by atoms with Crippen molar-refractivity contribution in [2.45, 2.75) is 18.2 Å². The summed E-state index contributed by atoms with van der Waals surface area (Å²) in [5.74, 6) is 0. The Bertz CT molecular complexity index is 940. The molecule has 5 nitrogen and oxygen atoms in total. The zero-order valence-corrected chi connectivity index (χ0v) is 16.2. The molecule has 2 aliphatic heterocycles. The quantitative estimate of drug-likeness (QED) is 0.804. The predicted molar refractivity (Wildman–Crippen MR) is 104 cm³/mol. The predicted octanol–water partition coefficient (Wildman–Crippen LogP) is 3.24. The van der Waals surface area contributed by atoms with Gasteiger partial charge in [0, 0.05) is 30.3 Å². The van der Waals surface area contributed by atoms with Crippen LogP contribution in [0, 0.1) is 6.92 Å². The van der Waals surface area contributed by atoms with Crippen molar-refractivity contribution >= 4 is 33.0 Å². The maximum absolute atomic E-state index is 13.1.